The lowest BCUT2D eigenvalue weighted by Crippen LogP contribution is -2.40. The molecule has 1 N–H and O–H groups in total. The van der Waals surface area contributed by atoms with E-state index in [1.807, 2.05) is 13.8 Å². The lowest BCUT2D eigenvalue weighted by molar-refractivity contribution is 0.255. The number of rotatable bonds is 7. The highest BCUT2D eigenvalue weighted by atomic mass is 16.3. The van der Waals surface area contributed by atoms with Crippen LogP contribution in [0.4, 0.5) is 0 Å². The third kappa shape index (κ3) is 5.00. The first-order valence-corrected chi connectivity index (χ1v) is 9.38. The van der Waals surface area contributed by atoms with Gasteiger partial charge in [-0.05, 0) is 52.3 Å². The zero-order valence-electron chi connectivity index (χ0n) is 16.1. The molecule has 1 atom stereocenters. The van der Waals surface area contributed by atoms with E-state index in [0.717, 1.165) is 56.1 Å². The molecule has 0 radical (unpaired) electrons. The Hall–Kier alpha value is -1.49. The Kier molecular flexibility index (Phi) is 7.16. The van der Waals surface area contributed by atoms with Crippen molar-refractivity contribution in [2.24, 2.45) is 10.9 Å². The third-order valence-electron chi connectivity index (χ3n) is 4.87. The monoisotopic (exact) mass is 334 g/mol. The molecule has 1 fully saturated rings. The molecule has 24 heavy (non-hydrogen) atoms. The summed E-state index contributed by atoms with van der Waals surface area (Å²) in [6.07, 6.45) is 1.25. The molecule has 136 valence electrons. The second-order valence-corrected chi connectivity index (χ2v) is 6.70. The van der Waals surface area contributed by atoms with Gasteiger partial charge in [0, 0.05) is 31.7 Å². The standard InChI is InChI=1S/C19H34N4O/c1-6-20-19(21-12-18-11-15(4)24-16(18)5)23-10-9-17(14-23)13-22(7-2)8-3/h11,17H,6-10,12-14H2,1-5H3,(H,20,21). The first-order valence-electron chi connectivity index (χ1n) is 9.38. The van der Waals surface area contributed by atoms with Crippen LogP contribution < -0.4 is 5.32 Å². The Balaban J connectivity index is 1.97. The molecule has 1 aliphatic rings. The smallest absolute Gasteiger partial charge is 0.194 e. The number of aliphatic imine (C=N–C) groups is 1. The summed E-state index contributed by atoms with van der Waals surface area (Å²) < 4.78 is 5.61. The zero-order valence-corrected chi connectivity index (χ0v) is 16.1. The van der Waals surface area contributed by atoms with Crippen LogP contribution in [0.2, 0.25) is 0 Å². The van der Waals surface area contributed by atoms with Crippen molar-refractivity contribution < 1.29 is 4.42 Å². The van der Waals surface area contributed by atoms with Crippen LogP contribution in [0.3, 0.4) is 0 Å². The summed E-state index contributed by atoms with van der Waals surface area (Å²) in [5.41, 5.74) is 1.18. The van der Waals surface area contributed by atoms with Gasteiger partial charge < -0.3 is 19.5 Å². The summed E-state index contributed by atoms with van der Waals surface area (Å²) in [6, 6.07) is 2.09. The zero-order chi connectivity index (χ0) is 17.5. The largest absolute Gasteiger partial charge is 0.466 e. The molecule has 0 bridgehead atoms. The van der Waals surface area contributed by atoms with Crippen LogP contribution in [0.5, 0.6) is 0 Å². The van der Waals surface area contributed by atoms with E-state index in [1.165, 1.54) is 18.5 Å². The van der Waals surface area contributed by atoms with Gasteiger partial charge in [0.25, 0.3) is 0 Å². The Morgan fingerprint density at radius 3 is 2.67 bits per heavy atom. The molecule has 1 aromatic rings. The summed E-state index contributed by atoms with van der Waals surface area (Å²) >= 11 is 0. The van der Waals surface area contributed by atoms with E-state index < -0.39 is 0 Å². The van der Waals surface area contributed by atoms with E-state index in [-0.39, 0.29) is 0 Å². The first kappa shape index (κ1) is 18.8. The van der Waals surface area contributed by atoms with Crippen molar-refractivity contribution in [3.63, 3.8) is 0 Å². The summed E-state index contributed by atoms with van der Waals surface area (Å²) in [5, 5.41) is 3.45. The fourth-order valence-electron chi connectivity index (χ4n) is 3.45. The van der Waals surface area contributed by atoms with Crippen LogP contribution in [0.1, 0.15) is 44.3 Å². The van der Waals surface area contributed by atoms with E-state index in [0.29, 0.717) is 6.54 Å². The molecule has 1 aliphatic heterocycles. The Labute approximate surface area is 147 Å². The predicted octanol–water partition coefficient (Wildman–Crippen LogP) is 3.03. The van der Waals surface area contributed by atoms with Gasteiger partial charge in [-0.3, -0.25) is 0 Å². The molecule has 0 spiro atoms. The summed E-state index contributed by atoms with van der Waals surface area (Å²) in [4.78, 5) is 9.79. The highest BCUT2D eigenvalue weighted by molar-refractivity contribution is 5.80. The molecule has 0 amide bonds. The molecule has 2 rings (SSSR count). The number of aryl methyl sites for hydroxylation is 2. The number of likely N-dealkylation sites (tertiary alicyclic amines) is 1. The highest BCUT2D eigenvalue weighted by Crippen LogP contribution is 2.19. The second kappa shape index (κ2) is 9.11. The van der Waals surface area contributed by atoms with Crippen molar-refractivity contribution in [2.45, 2.75) is 47.6 Å². The van der Waals surface area contributed by atoms with E-state index in [9.17, 15) is 0 Å². The van der Waals surface area contributed by atoms with E-state index in [2.05, 4.69) is 42.0 Å². The van der Waals surface area contributed by atoms with Gasteiger partial charge in [-0.15, -0.1) is 0 Å². The molecular formula is C19H34N4O. The van der Waals surface area contributed by atoms with Crippen LogP contribution in [0, 0.1) is 19.8 Å². The van der Waals surface area contributed by atoms with Gasteiger partial charge in [0.15, 0.2) is 5.96 Å². The van der Waals surface area contributed by atoms with Gasteiger partial charge in [0.05, 0.1) is 6.54 Å². The van der Waals surface area contributed by atoms with Crippen molar-refractivity contribution in [1.29, 1.82) is 0 Å². The van der Waals surface area contributed by atoms with Gasteiger partial charge in [0.1, 0.15) is 11.5 Å². The lowest BCUT2D eigenvalue weighted by Gasteiger charge is -2.24. The molecule has 0 aliphatic carbocycles. The molecule has 5 nitrogen and oxygen atoms in total. The fraction of sp³-hybridized carbons (Fsp3) is 0.737. The quantitative estimate of drug-likeness (QED) is 0.615. The van der Waals surface area contributed by atoms with Crippen LogP contribution in [0.25, 0.3) is 0 Å². The van der Waals surface area contributed by atoms with Crippen LogP contribution >= 0.6 is 0 Å². The average Bonchev–Trinajstić information content (AvgIpc) is 3.15. The Morgan fingerprint density at radius 1 is 1.33 bits per heavy atom. The summed E-state index contributed by atoms with van der Waals surface area (Å²) in [5.74, 6) is 3.72. The first-order chi connectivity index (χ1) is 11.6. The van der Waals surface area contributed by atoms with E-state index in [1.54, 1.807) is 0 Å². The maximum Gasteiger partial charge on any atom is 0.194 e. The molecule has 0 saturated carbocycles. The van der Waals surface area contributed by atoms with Gasteiger partial charge in [-0.25, -0.2) is 4.99 Å². The average molecular weight is 335 g/mol. The topological polar surface area (TPSA) is 44.0 Å². The molecule has 5 heteroatoms. The number of hydrogen-bond donors (Lipinski definition) is 1. The minimum Gasteiger partial charge on any atom is -0.466 e. The maximum absolute atomic E-state index is 5.61. The second-order valence-electron chi connectivity index (χ2n) is 6.70. The molecule has 1 saturated heterocycles. The predicted molar refractivity (Wildman–Crippen MR) is 100 cm³/mol. The van der Waals surface area contributed by atoms with Crippen molar-refractivity contribution in [3.8, 4) is 0 Å². The number of guanidine groups is 1. The fourth-order valence-corrected chi connectivity index (χ4v) is 3.45. The van der Waals surface area contributed by atoms with Gasteiger partial charge in [-0.2, -0.15) is 0 Å². The van der Waals surface area contributed by atoms with Crippen molar-refractivity contribution >= 4 is 5.96 Å². The minimum atomic E-state index is 0.683. The van der Waals surface area contributed by atoms with Crippen LogP contribution in [0.15, 0.2) is 15.5 Å². The van der Waals surface area contributed by atoms with Crippen LogP contribution in [-0.2, 0) is 6.54 Å². The summed E-state index contributed by atoms with van der Waals surface area (Å²) in [6.45, 7) is 17.9. The Morgan fingerprint density at radius 2 is 2.08 bits per heavy atom. The van der Waals surface area contributed by atoms with Gasteiger partial charge in [0.2, 0.25) is 0 Å². The molecule has 0 aromatic carbocycles. The Bertz CT molecular complexity index is 533. The van der Waals surface area contributed by atoms with E-state index in [4.69, 9.17) is 9.41 Å². The molecular weight excluding hydrogens is 300 g/mol. The lowest BCUT2D eigenvalue weighted by atomic mass is 10.1. The van der Waals surface area contributed by atoms with Crippen LogP contribution in [-0.4, -0.2) is 55.0 Å². The number of hydrogen-bond acceptors (Lipinski definition) is 3. The van der Waals surface area contributed by atoms with Gasteiger partial charge >= 0.3 is 0 Å². The third-order valence-corrected chi connectivity index (χ3v) is 4.87. The molecule has 1 unspecified atom stereocenters. The van der Waals surface area contributed by atoms with Crippen molar-refractivity contribution in [2.75, 3.05) is 39.3 Å². The van der Waals surface area contributed by atoms with Crippen molar-refractivity contribution in [3.05, 3.63) is 23.2 Å². The highest BCUT2D eigenvalue weighted by Gasteiger charge is 2.25. The van der Waals surface area contributed by atoms with Gasteiger partial charge in [-0.1, -0.05) is 13.8 Å². The molecule has 2 heterocycles. The number of nitrogens with zero attached hydrogens (tertiary/aromatic N) is 3. The number of furan rings is 1. The number of nitrogens with one attached hydrogen (secondary N) is 1. The normalized spacial score (nSPS) is 18.7. The SMILES string of the molecule is CCNC(=NCc1cc(C)oc1C)N1CCC(CN(CC)CC)C1. The molecule has 1 aromatic heterocycles. The van der Waals surface area contributed by atoms with E-state index >= 15 is 0 Å². The minimum absolute atomic E-state index is 0.683. The summed E-state index contributed by atoms with van der Waals surface area (Å²) in [7, 11) is 0. The maximum atomic E-state index is 5.61. The van der Waals surface area contributed by atoms with Crippen molar-refractivity contribution in [1.82, 2.24) is 15.1 Å².